The summed E-state index contributed by atoms with van der Waals surface area (Å²) >= 11 is 5.93. The Morgan fingerprint density at radius 2 is 1.68 bits per heavy atom. The highest BCUT2D eigenvalue weighted by Gasteiger charge is 2.36. The normalized spacial score (nSPS) is 18.5. The first-order valence-corrected chi connectivity index (χ1v) is 9.63. The fourth-order valence-electron chi connectivity index (χ4n) is 3.73. The smallest absolute Gasteiger partial charge is 0.262 e. The maximum atomic E-state index is 12.3. The highest BCUT2D eigenvalue weighted by molar-refractivity contribution is 6.30. The van der Waals surface area contributed by atoms with Gasteiger partial charge in [0.05, 0.1) is 11.1 Å². The van der Waals surface area contributed by atoms with Crippen LogP contribution in [-0.4, -0.2) is 48.8 Å². The first-order chi connectivity index (χ1) is 13.5. The van der Waals surface area contributed by atoms with Gasteiger partial charge >= 0.3 is 0 Å². The van der Waals surface area contributed by atoms with E-state index < -0.39 is 11.8 Å². The number of nitrogens with one attached hydrogen (secondary N) is 1. The molecule has 144 valence electrons. The van der Waals surface area contributed by atoms with E-state index in [2.05, 4.69) is 10.2 Å². The Kier molecular flexibility index (Phi) is 5.05. The maximum absolute atomic E-state index is 12.3. The van der Waals surface area contributed by atoms with Gasteiger partial charge in [0.15, 0.2) is 0 Å². The number of fused-ring (bicyclic) bond motifs is 1. The van der Waals surface area contributed by atoms with Crippen molar-refractivity contribution >= 4 is 35.0 Å². The summed E-state index contributed by atoms with van der Waals surface area (Å²) in [6.45, 7) is 2.03. The van der Waals surface area contributed by atoms with Gasteiger partial charge in [0.25, 0.3) is 11.8 Å². The topological polar surface area (TPSA) is 69.7 Å². The molecule has 0 aliphatic carbocycles. The molecule has 0 radical (unpaired) electrons. The van der Waals surface area contributed by atoms with E-state index in [0.29, 0.717) is 28.6 Å². The zero-order chi connectivity index (χ0) is 19.7. The number of rotatable bonds is 5. The molecular formula is C21H20ClN3O3. The molecule has 1 unspecified atom stereocenters. The van der Waals surface area contributed by atoms with Crippen molar-refractivity contribution in [2.75, 3.05) is 31.1 Å². The van der Waals surface area contributed by atoms with Crippen molar-refractivity contribution in [3.8, 4) is 0 Å². The van der Waals surface area contributed by atoms with Crippen molar-refractivity contribution in [1.29, 1.82) is 0 Å². The summed E-state index contributed by atoms with van der Waals surface area (Å²) in [6, 6.07) is 14.4. The SMILES string of the molecule is O=C(CN1C(=O)c2ccccc2C1=O)NCC1CCN(c2ccc(Cl)cc2)C1. The van der Waals surface area contributed by atoms with Crippen molar-refractivity contribution in [3.05, 3.63) is 64.7 Å². The van der Waals surface area contributed by atoms with Crippen LogP contribution in [0.1, 0.15) is 27.1 Å². The lowest BCUT2D eigenvalue weighted by Crippen LogP contribution is -2.42. The standard InChI is InChI=1S/C21H20ClN3O3/c22-15-5-7-16(8-6-15)24-10-9-14(12-24)11-23-19(26)13-25-20(27)17-3-1-2-4-18(17)21(25)28/h1-8,14H,9-13H2,(H,23,26). The molecule has 2 heterocycles. The van der Waals surface area contributed by atoms with Gasteiger partial charge in [-0.2, -0.15) is 0 Å². The molecule has 2 aliphatic rings. The van der Waals surface area contributed by atoms with Gasteiger partial charge in [-0.1, -0.05) is 23.7 Å². The largest absolute Gasteiger partial charge is 0.371 e. The Bertz CT molecular complexity index is 894. The first kappa shape index (κ1) is 18.5. The molecule has 2 aromatic rings. The van der Waals surface area contributed by atoms with Crippen LogP contribution in [0.4, 0.5) is 5.69 Å². The second kappa shape index (κ2) is 7.64. The zero-order valence-corrected chi connectivity index (χ0v) is 16.0. The Balaban J connectivity index is 1.28. The summed E-state index contributed by atoms with van der Waals surface area (Å²) in [4.78, 5) is 40.2. The molecule has 2 aromatic carbocycles. The van der Waals surface area contributed by atoms with Crippen LogP contribution in [0.5, 0.6) is 0 Å². The number of imide groups is 1. The van der Waals surface area contributed by atoms with Crippen LogP contribution < -0.4 is 10.2 Å². The van der Waals surface area contributed by atoms with Gasteiger partial charge in [0, 0.05) is 30.3 Å². The summed E-state index contributed by atoms with van der Waals surface area (Å²) < 4.78 is 0. The van der Waals surface area contributed by atoms with Crippen LogP contribution >= 0.6 is 11.6 Å². The van der Waals surface area contributed by atoms with Gasteiger partial charge < -0.3 is 10.2 Å². The summed E-state index contributed by atoms with van der Waals surface area (Å²) in [5.41, 5.74) is 1.83. The van der Waals surface area contributed by atoms with Crippen molar-refractivity contribution in [3.63, 3.8) is 0 Å². The third-order valence-electron chi connectivity index (χ3n) is 5.25. The molecule has 0 aromatic heterocycles. The molecule has 6 nitrogen and oxygen atoms in total. The number of hydrogen-bond donors (Lipinski definition) is 1. The van der Waals surface area contributed by atoms with Gasteiger partial charge in [-0.15, -0.1) is 0 Å². The molecule has 1 atom stereocenters. The third kappa shape index (κ3) is 3.60. The highest BCUT2D eigenvalue weighted by atomic mass is 35.5. The minimum Gasteiger partial charge on any atom is -0.371 e. The maximum Gasteiger partial charge on any atom is 0.262 e. The fraction of sp³-hybridized carbons (Fsp3) is 0.286. The van der Waals surface area contributed by atoms with Gasteiger partial charge in [-0.05, 0) is 48.7 Å². The van der Waals surface area contributed by atoms with Gasteiger partial charge in [0.1, 0.15) is 6.54 Å². The fourth-order valence-corrected chi connectivity index (χ4v) is 3.85. The summed E-state index contributed by atoms with van der Waals surface area (Å²) in [5, 5.41) is 3.58. The number of carbonyl (C=O) groups is 3. The van der Waals surface area contributed by atoms with E-state index in [-0.39, 0.29) is 12.5 Å². The minimum atomic E-state index is -0.412. The van der Waals surface area contributed by atoms with Gasteiger partial charge in [-0.25, -0.2) is 0 Å². The molecule has 0 saturated carbocycles. The number of hydrogen-bond acceptors (Lipinski definition) is 4. The summed E-state index contributed by atoms with van der Waals surface area (Å²) in [5.74, 6) is -0.822. The quantitative estimate of drug-likeness (QED) is 0.787. The Morgan fingerprint density at radius 1 is 1.04 bits per heavy atom. The van der Waals surface area contributed by atoms with Gasteiger partial charge in [-0.3, -0.25) is 19.3 Å². The summed E-state index contributed by atoms with van der Waals surface area (Å²) in [6.07, 6.45) is 0.968. The molecule has 1 fully saturated rings. The minimum absolute atomic E-state index is 0.250. The molecular weight excluding hydrogens is 378 g/mol. The number of halogens is 1. The van der Waals surface area contributed by atoms with Crippen molar-refractivity contribution in [2.24, 2.45) is 5.92 Å². The Morgan fingerprint density at radius 3 is 2.32 bits per heavy atom. The summed E-state index contributed by atoms with van der Waals surface area (Å²) in [7, 11) is 0. The van der Waals surface area contributed by atoms with Crippen LogP contribution in [0.3, 0.4) is 0 Å². The monoisotopic (exact) mass is 397 g/mol. The molecule has 0 bridgehead atoms. The van der Waals surface area contributed by atoms with Crippen molar-refractivity contribution < 1.29 is 14.4 Å². The second-order valence-corrected chi connectivity index (χ2v) is 7.56. The molecule has 1 N–H and O–H groups in total. The average Bonchev–Trinajstić information content (AvgIpc) is 3.27. The van der Waals surface area contributed by atoms with Crippen LogP contribution in [0, 0.1) is 5.92 Å². The van der Waals surface area contributed by atoms with Gasteiger partial charge in [0.2, 0.25) is 5.91 Å². The zero-order valence-electron chi connectivity index (χ0n) is 15.2. The lowest BCUT2D eigenvalue weighted by Gasteiger charge is -2.19. The van der Waals surface area contributed by atoms with E-state index in [1.54, 1.807) is 24.3 Å². The predicted octanol–water partition coefficient (Wildman–Crippen LogP) is 2.58. The van der Waals surface area contributed by atoms with Crippen LogP contribution in [0.15, 0.2) is 48.5 Å². The van der Waals surface area contributed by atoms with Crippen LogP contribution in [-0.2, 0) is 4.79 Å². The molecule has 4 rings (SSSR count). The highest BCUT2D eigenvalue weighted by Crippen LogP contribution is 2.25. The van der Waals surface area contributed by atoms with Crippen molar-refractivity contribution in [2.45, 2.75) is 6.42 Å². The van der Waals surface area contributed by atoms with Crippen molar-refractivity contribution in [1.82, 2.24) is 10.2 Å². The first-order valence-electron chi connectivity index (χ1n) is 9.25. The number of carbonyl (C=O) groups excluding carboxylic acids is 3. The average molecular weight is 398 g/mol. The van der Waals surface area contributed by atoms with E-state index in [1.165, 1.54) is 0 Å². The Hall–Kier alpha value is -2.86. The van der Waals surface area contributed by atoms with Crippen LogP contribution in [0.2, 0.25) is 5.02 Å². The van der Waals surface area contributed by atoms with E-state index in [1.807, 2.05) is 24.3 Å². The number of anilines is 1. The molecule has 2 aliphatic heterocycles. The third-order valence-corrected chi connectivity index (χ3v) is 5.50. The Labute approximate surface area is 168 Å². The molecule has 7 heteroatoms. The number of benzene rings is 2. The van der Waals surface area contributed by atoms with E-state index in [4.69, 9.17) is 11.6 Å². The lowest BCUT2D eigenvalue weighted by atomic mass is 10.1. The number of amides is 3. The molecule has 28 heavy (non-hydrogen) atoms. The molecule has 3 amide bonds. The molecule has 0 spiro atoms. The molecule has 1 saturated heterocycles. The lowest BCUT2D eigenvalue weighted by molar-refractivity contribution is -0.121. The second-order valence-electron chi connectivity index (χ2n) is 7.12. The van der Waals surface area contributed by atoms with E-state index in [0.717, 1.165) is 30.1 Å². The van der Waals surface area contributed by atoms with Crippen LogP contribution in [0.25, 0.3) is 0 Å². The predicted molar refractivity (Wildman–Crippen MR) is 107 cm³/mol. The van der Waals surface area contributed by atoms with E-state index >= 15 is 0 Å². The number of nitrogens with zero attached hydrogens (tertiary/aromatic N) is 2. The van der Waals surface area contributed by atoms with E-state index in [9.17, 15) is 14.4 Å².